The van der Waals surface area contributed by atoms with Gasteiger partial charge in [-0.25, -0.2) is 0 Å². The molecule has 0 unspecified atom stereocenters. The maximum absolute atomic E-state index is 12.2. The van der Waals surface area contributed by atoms with Crippen LogP contribution in [0.2, 0.25) is 0 Å². The number of hydrogen-bond donors (Lipinski definition) is 2. The highest BCUT2D eigenvalue weighted by Crippen LogP contribution is 2.32. The van der Waals surface area contributed by atoms with Crippen molar-refractivity contribution in [2.24, 2.45) is 16.1 Å². The number of carbonyl (C=O) groups excluding carboxylic acids is 2. The van der Waals surface area contributed by atoms with Crippen LogP contribution < -0.4 is 11.1 Å². The highest BCUT2D eigenvalue weighted by molar-refractivity contribution is 6.20. The Kier molecular flexibility index (Phi) is 4.27. The number of amidine groups is 1. The Morgan fingerprint density at radius 2 is 1.67 bits per heavy atom. The second-order valence-corrected chi connectivity index (χ2v) is 4.87. The molecule has 18 heavy (non-hydrogen) atoms. The second kappa shape index (κ2) is 5.18. The predicted molar refractivity (Wildman–Crippen MR) is 71.1 cm³/mol. The zero-order valence-corrected chi connectivity index (χ0v) is 11.7. The minimum atomic E-state index is -1.01. The average molecular weight is 253 g/mol. The van der Waals surface area contributed by atoms with Gasteiger partial charge in [-0.2, -0.15) is 4.99 Å². The van der Waals surface area contributed by atoms with Crippen LogP contribution in [-0.2, 0) is 9.59 Å². The molecule has 0 aromatic rings. The summed E-state index contributed by atoms with van der Waals surface area (Å²) in [7, 11) is 0. The number of nitrogens with zero attached hydrogens (tertiary/aromatic N) is 1. The molecule has 0 radical (unpaired) electrons. The van der Waals surface area contributed by atoms with Crippen LogP contribution in [0.5, 0.6) is 0 Å². The summed E-state index contributed by atoms with van der Waals surface area (Å²) in [6.07, 6.45) is 2.17. The molecule has 0 bridgehead atoms. The minimum absolute atomic E-state index is 0.265. The van der Waals surface area contributed by atoms with Crippen LogP contribution in [0.15, 0.2) is 4.99 Å². The van der Waals surface area contributed by atoms with Crippen molar-refractivity contribution >= 4 is 17.6 Å². The monoisotopic (exact) mass is 253 g/mol. The van der Waals surface area contributed by atoms with Crippen molar-refractivity contribution in [3.63, 3.8) is 0 Å². The molecular formula is C13H23N3O2. The lowest BCUT2D eigenvalue weighted by molar-refractivity contribution is -0.142. The van der Waals surface area contributed by atoms with Crippen molar-refractivity contribution in [1.29, 1.82) is 0 Å². The molecule has 1 aliphatic heterocycles. The SMILES string of the molecule is CCC(N)(CC)C1=NC(=O)C(CC)(CC)C(=O)N1. The first-order chi connectivity index (χ1) is 8.40. The highest BCUT2D eigenvalue weighted by Gasteiger charge is 2.48. The van der Waals surface area contributed by atoms with Crippen molar-refractivity contribution < 1.29 is 9.59 Å². The van der Waals surface area contributed by atoms with E-state index in [1.807, 2.05) is 27.7 Å². The van der Waals surface area contributed by atoms with Crippen molar-refractivity contribution in [3.8, 4) is 0 Å². The molecule has 2 amide bonds. The number of amides is 2. The molecule has 0 saturated heterocycles. The second-order valence-electron chi connectivity index (χ2n) is 4.87. The van der Waals surface area contributed by atoms with Gasteiger partial charge in [0.15, 0.2) is 0 Å². The van der Waals surface area contributed by atoms with Gasteiger partial charge in [0.2, 0.25) is 5.91 Å². The first kappa shape index (κ1) is 14.8. The molecule has 1 heterocycles. The van der Waals surface area contributed by atoms with Gasteiger partial charge in [-0.05, 0) is 25.7 Å². The summed E-state index contributed by atoms with van der Waals surface area (Å²) in [5, 5.41) is 2.75. The standard InChI is InChI=1S/C13H23N3O2/c1-5-12(6-2)10(17)15-9(16-11(12)18)13(14,7-3)8-4/h5-8,14H2,1-4H3,(H,15,16,17,18). The molecule has 0 saturated carbocycles. The number of aliphatic imine (C=N–C) groups is 1. The summed E-state index contributed by atoms with van der Waals surface area (Å²) in [6.45, 7) is 7.50. The summed E-state index contributed by atoms with van der Waals surface area (Å²) in [5.74, 6) is -0.303. The summed E-state index contributed by atoms with van der Waals surface area (Å²) < 4.78 is 0. The molecule has 0 aliphatic carbocycles. The van der Waals surface area contributed by atoms with E-state index in [1.54, 1.807) is 0 Å². The van der Waals surface area contributed by atoms with Gasteiger partial charge in [0.05, 0.1) is 5.54 Å². The van der Waals surface area contributed by atoms with Crippen LogP contribution in [0.4, 0.5) is 0 Å². The Balaban J connectivity index is 3.19. The lowest BCUT2D eigenvalue weighted by Crippen LogP contribution is -2.61. The summed E-state index contributed by atoms with van der Waals surface area (Å²) in [6, 6.07) is 0. The van der Waals surface area contributed by atoms with Gasteiger partial charge < -0.3 is 11.1 Å². The number of carbonyl (C=O) groups is 2. The van der Waals surface area contributed by atoms with Crippen LogP contribution in [0.1, 0.15) is 53.4 Å². The zero-order valence-electron chi connectivity index (χ0n) is 11.7. The fraction of sp³-hybridized carbons (Fsp3) is 0.769. The van der Waals surface area contributed by atoms with E-state index in [0.717, 1.165) is 0 Å². The third-order valence-electron chi connectivity index (χ3n) is 4.23. The fourth-order valence-corrected chi connectivity index (χ4v) is 2.26. The lowest BCUT2D eigenvalue weighted by Gasteiger charge is -2.36. The van der Waals surface area contributed by atoms with Crippen LogP contribution in [0.3, 0.4) is 0 Å². The zero-order chi connectivity index (χ0) is 14.0. The number of rotatable bonds is 5. The first-order valence-electron chi connectivity index (χ1n) is 6.64. The molecule has 0 spiro atoms. The van der Waals surface area contributed by atoms with E-state index in [0.29, 0.717) is 31.5 Å². The maximum Gasteiger partial charge on any atom is 0.263 e. The van der Waals surface area contributed by atoms with Gasteiger partial charge in [0, 0.05) is 0 Å². The van der Waals surface area contributed by atoms with E-state index in [-0.39, 0.29) is 11.8 Å². The molecular weight excluding hydrogens is 230 g/mol. The molecule has 102 valence electrons. The smallest absolute Gasteiger partial charge is 0.263 e. The third-order valence-corrected chi connectivity index (χ3v) is 4.23. The molecule has 5 heteroatoms. The molecule has 1 aliphatic rings. The van der Waals surface area contributed by atoms with Crippen molar-refractivity contribution in [2.75, 3.05) is 0 Å². The Morgan fingerprint density at radius 3 is 2.00 bits per heavy atom. The van der Waals surface area contributed by atoms with E-state index >= 15 is 0 Å². The summed E-state index contributed by atoms with van der Waals surface area (Å²) >= 11 is 0. The maximum atomic E-state index is 12.2. The topological polar surface area (TPSA) is 84.5 Å². The molecule has 0 aromatic heterocycles. The third kappa shape index (κ3) is 2.07. The van der Waals surface area contributed by atoms with E-state index < -0.39 is 11.0 Å². The van der Waals surface area contributed by atoms with Crippen LogP contribution in [0, 0.1) is 5.41 Å². The van der Waals surface area contributed by atoms with E-state index in [9.17, 15) is 9.59 Å². The lowest BCUT2D eigenvalue weighted by atomic mass is 9.78. The van der Waals surface area contributed by atoms with Crippen molar-refractivity contribution in [1.82, 2.24) is 5.32 Å². The predicted octanol–water partition coefficient (Wildman–Crippen LogP) is 1.37. The van der Waals surface area contributed by atoms with Crippen LogP contribution in [-0.4, -0.2) is 23.2 Å². The Labute approximate surface area is 108 Å². The van der Waals surface area contributed by atoms with Gasteiger partial charge >= 0.3 is 0 Å². The normalized spacial score (nSPS) is 19.5. The molecule has 0 aromatic carbocycles. The molecule has 3 N–H and O–H groups in total. The molecule has 1 rings (SSSR count). The minimum Gasteiger partial charge on any atom is -0.319 e. The van der Waals surface area contributed by atoms with Gasteiger partial charge in [0.25, 0.3) is 5.91 Å². The van der Waals surface area contributed by atoms with Crippen molar-refractivity contribution in [3.05, 3.63) is 0 Å². The first-order valence-corrected chi connectivity index (χ1v) is 6.64. The Bertz CT molecular complexity index is 380. The number of hydrogen-bond acceptors (Lipinski definition) is 3. The van der Waals surface area contributed by atoms with Crippen LogP contribution >= 0.6 is 0 Å². The Morgan fingerprint density at radius 1 is 1.17 bits per heavy atom. The summed E-state index contributed by atoms with van der Waals surface area (Å²) in [5.41, 5.74) is 4.44. The molecule has 5 nitrogen and oxygen atoms in total. The number of nitrogens with one attached hydrogen (secondary N) is 1. The highest BCUT2D eigenvalue weighted by atomic mass is 16.2. The quantitative estimate of drug-likeness (QED) is 0.726. The van der Waals surface area contributed by atoms with E-state index in [1.165, 1.54) is 0 Å². The Hall–Kier alpha value is -1.23. The number of nitrogens with two attached hydrogens (primary N) is 1. The van der Waals surface area contributed by atoms with Gasteiger partial charge in [-0.3, -0.25) is 9.59 Å². The average Bonchev–Trinajstić information content (AvgIpc) is 2.38. The van der Waals surface area contributed by atoms with E-state index in [2.05, 4.69) is 10.3 Å². The van der Waals surface area contributed by atoms with Gasteiger partial charge in [-0.1, -0.05) is 27.7 Å². The van der Waals surface area contributed by atoms with Crippen molar-refractivity contribution in [2.45, 2.75) is 58.9 Å². The van der Waals surface area contributed by atoms with Gasteiger partial charge in [0.1, 0.15) is 11.3 Å². The van der Waals surface area contributed by atoms with E-state index in [4.69, 9.17) is 5.73 Å². The molecule has 0 atom stereocenters. The summed E-state index contributed by atoms with van der Waals surface area (Å²) in [4.78, 5) is 28.4. The molecule has 0 fully saturated rings. The van der Waals surface area contributed by atoms with Crippen LogP contribution in [0.25, 0.3) is 0 Å². The fourth-order valence-electron chi connectivity index (χ4n) is 2.26. The largest absolute Gasteiger partial charge is 0.319 e. The van der Waals surface area contributed by atoms with Gasteiger partial charge in [-0.15, -0.1) is 0 Å².